The molecule has 16 heavy (non-hydrogen) atoms. The third-order valence-electron chi connectivity index (χ3n) is 2.07. The molecule has 0 amide bonds. The first kappa shape index (κ1) is 12.8. The molecule has 0 bridgehead atoms. The zero-order chi connectivity index (χ0) is 12.2. The van der Waals surface area contributed by atoms with Crippen molar-refractivity contribution in [1.29, 1.82) is 0 Å². The summed E-state index contributed by atoms with van der Waals surface area (Å²) in [4.78, 5) is 0. The van der Waals surface area contributed by atoms with Gasteiger partial charge in [0.15, 0.2) is 0 Å². The largest absolute Gasteiger partial charge is 0.399 e. The molecule has 6 heteroatoms. The van der Waals surface area contributed by atoms with Gasteiger partial charge in [0.1, 0.15) is 0 Å². The average Bonchev–Trinajstić information content (AvgIpc) is 2.16. The van der Waals surface area contributed by atoms with Crippen molar-refractivity contribution in [2.24, 2.45) is 0 Å². The number of benzene rings is 1. The second-order valence-electron chi connectivity index (χ2n) is 3.67. The maximum Gasteiger partial charge on any atom is 0.208 e. The van der Waals surface area contributed by atoms with Crippen LogP contribution in [0.1, 0.15) is 5.56 Å². The van der Waals surface area contributed by atoms with Gasteiger partial charge in [0.25, 0.3) is 0 Å². The zero-order valence-electron chi connectivity index (χ0n) is 9.45. The smallest absolute Gasteiger partial charge is 0.208 e. The number of anilines is 2. The fourth-order valence-electron chi connectivity index (χ4n) is 1.26. The van der Waals surface area contributed by atoms with E-state index >= 15 is 0 Å². The molecule has 0 saturated heterocycles. The Labute approximate surface area is 96.1 Å². The van der Waals surface area contributed by atoms with Crippen LogP contribution in [0.25, 0.3) is 0 Å². The first-order valence-electron chi connectivity index (χ1n) is 4.93. The van der Waals surface area contributed by atoms with Gasteiger partial charge in [0.2, 0.25) is 10.0 Å². The number of aryl methyl sites for hydroxylation is 1. The topological polar surface area (TPSA) is 84.2 Å². The van der Waals surface area contributed by atoms with Crippen LogP contribution in [0, 0.1) is 6.92 Å². The minimum atomic E-state index is -3.11. The Kier molecular flexibility index (Phi) is 4.14. The van der Waals surface area contributed by atoms with Gasteiger partial charge in [0.05, 0.1) is 6.26 Å². The monoisotopic (exact) mass is 243 g/mol. The van der Waals surface area contributed by atoms with Crippen LogP contribution in [0.4, 0.5) is 11.4 Å². The van der Waals surface area contributed by atoms with Crippen LogP contribution < -0.4 is 15.8 Å². The number of nitrogen functional groups attached to an aromatic ring is 1. The molecule has 1 aromatic rings. The van der Waals surface area contributed by atoms with E-state index in [-0.39, 0.29) is 0 Å². The fourth-order valence-corrected chi connectivity index (χ4v) is 1.74. The number of sulfonamides is 1. The molecule has 0 radical (unpaired) electrons. The summed E-state index contributed by atoms with van der Waals surface area (Å²) in [6.45, 7) is 2.84. The highest BCUT2D eigenvalue weighted by Crippen LogP contribution is 2.17. The third-order valence-corrected chi connectivity index (χ3v) is 2.79. The molecule has 1 rings (SSSR count). The summed E-state index contributed by atoms with van der Waals surface area (Å²) in [6, 6.07) is 5.58. The standard InChI is InChI=1S/C10H17N3O2S/c1-8-3-4-9(11)7-10(8)12-5-6-13-16(2,14)15/h3-4,7,12-13H,5-6,11H2,1-2H3. The molecule has 0 aromatic heterocycles. The number of rotatable bonds is 5. The van der Waals surface area contributed by atoms with E-state index < -0.39 is 10.0 Å². The van der Waals surface area contributed by atoms with Crippen molar-refractivity contribution in [1.82, 2.24) is 4.72 Å². The van der Waals surface area contributed by atoms with Gasteiger partial charge in [-0.05, 0) is 24.6 Å². The minimum absolute atomic E-state index is 0.354. The number of nitrogens with one attached hydrogen (secondary N) is 2. The highest BCUT2D eigenvalue weighted by Gasteiger charge is 2.00. The molecule has 0 fully saturated rings. The van der Waals surface area contributed by atoms with Crippen molar-refractivity contribution in [2.75, 3.05) is 30.4 Å². The predicted octanol–water partition coefficient (Wildman–Crippen LogP) is 0.538. The van der Waals surface area contributed by atoms with Gasteiger partial charge in [-0.3, -0.25) is 0 Å². The molecule has 0 heterocycles. The van der Waals surface area contributed by atoms with Gasteiger partial charge < -0.3 is 11.1 Å². The Hall–Kier alpha value is -1.27. The van der Waals surface area contributed by atoms with Crippen molar-refractivity contribution in [3.8, 4) is 0 Å². The second-order valence-corrected chi connectivity index (χ2v) is 5.50. The van der Waals surface area contributed by atoms with E-state index in [2.05, 4.69) is 10.0 Å². The molecule has 0 atom stereocenters. The minimum Gasteiger partial charge on any atom is -0.399 e. The summed E-state index contributed by atoms with van der Waals surface area (Å²) < 4.78 is 24.0. The molecule has 5 nitrogen and oxygen atoms in total. The van der Waals surface area contributed by atoms with Crippen LogP contribution in [0.2, 0.25) is 0 Å². The number of hydrogen-bond acceptors (Lipinski definition) is 4. The molecule has 0 aliphatic carbocycles. The summed E-state index contributed by atoms with van der Waals surface area (Å²) in [5.41, 5.74) is 8.34. The number of hydrogen-bond donors (Lipinski definition) is 3. The molecule has 4 N–H and O–H groups in total. The molecule has 90 valence electrons. The van der Waals surface area contributed by atoms with Gasteiger partial charge in [0, 0.05) is 24.5 Å². The third kappa shape index (κ3) is 4.50. The average molecular weight is 243 g/mol. The van der Waals surface area contributed by atoms with Crippen molar-refractivity contribution in [3.05, 3.63) is 23.8 Å². The Morgan fingerprint density at radius 3 is 2.62 bits per heavy atom. The van der Waals surface area contributed by atoms with E-state index in [1.165, 1.54) is 0 Å². The lowest BCUT2D eigenvalue weighted by atomic mass is 10.2. The summed E-state index contributed by atoms with van der Waals surface area (Å²) in [7, 11) is -3.11. The van der Waals surface area contributed by atoms with Gasteiger partial charge in [-0.15, -0.1) is 0 Å². The van der Waals surface area contributed by atoms with Gasteiger partial charge in [-0.2, -0.15) is 0 Å². The van der Waals surface area contributed by atoms with E-state index in [1.54, 1.807) is 0 Å². The van der Waals surface area contributed by atoms with Crippen LogP contribution in [0.15, 0.2) is 18.2 Å². The van der Waals surface area contributed by atoms with E-state index in [9.17, 15) is 8.42 Å². The Balaban J connectivity index is 2.46. The van der Waals surface area contributed by atoms with Crippen molar-refractivity contribution < 1.29 is 8.42 Å². The Morgan fingerprint density at radius 2 is 2.00 bits per heavy atom. The van der Waals surface area contributed by atoms with Gasteiger partial charge in [-0.25, -0.2) is 13.1 Å². The molecule has 0 unspecified atom stereocenters. The van der Waals surface area contributed by atoms with Crippen molar-refractivity contribution in [2.45, 2.75) is 6.92 Å². The molecule has 0 aliphatic rings. The highest BCUT2D eigenvalue weighted by molar-refractivity contribution is 7.88. The number of nitrogens with two attached hydrogens (primary N) is 1. The van der Waals surface area contributed by atoms with Crippen molar-refractivity contribution >= 4 is 21.4 Å². The zero-order valence-corrected chi connectivity index (χ0v) is 10.3. The van der Waals surface area contributed by atoms with E-state index in [1.807, 2.05) is 25.1 Å². The summed E-state index contributed by atoms with van der Waals surface area (Å²) in [6.07, 6.45) is 1.14. The maximum atomic E-state index is 10.8. The molecule has 1 aromatic carbocycles. The SMILES string of the molecule is Cc1ccc(N)cc1NCCNS(C)(=O)=O. The second kappa shape index (κ2) is 5.18. The van der Waals surface area contributed by atoms with Crippen LogP contribution in [-0.4, -0.2) is 27.8 Å². The van der Waals surface area contributed by atoms with Crippen molar-refractivity contribution in [3.63, 3.8) is 0 Å². The molecular weight excluding hydrogens is 226 g/mol. The van der Waals surface area contributed by atoms with Gasteiger partial charge in [-0.1, -0.05) is 6.07 Å². The first-order chi connectivity index (χ1) is 7.38. The first-order valence-corrected chi connectivity index (χ1v) is 6.82. The highest BCUT2D eigenvalue weighted by atomic mass is 32.2. The lowest BCUT2D eigenvalue weighted by Crippen LogP contribution is -2.27. The predicted molar refractivity (Wildman–Crippen MR) is 66.9 cm³/mol. The van der Waals surface area contributed by atoms with Crippen LogP contribution in [-0.2, 0) is 10.0 Å². The maximum absolute atomic E-state index is 10.8. The van der Waals surface area contributed by atoms with E-state index in [0.29, 0.717) is 18.8 Å². The Morgan fingerprint density at radius 1 is 1.31 bits per heavy atom. The lowest BCUT2D eigenvalue weighted by Gasteiger charge is -2.10. The molecule has 0 spiro atoms. The van der Waals surface area contributed by atoms with Crippen LogP contribution >= 0.6 is 0 Å². The summed E-state index contributed by atoms with van der Waals surface area (Å²) >= 11 is 0. The lowest BCUT2D eigenvalue weighted by molar-refractivity contribution is 0.589. The van der Waals surface area contributed by atoms with Crippen LogP contribution in [0.5, 0.6) is 0 Å². The normalized spacial score (nSPS) is 11.4. The van der Waals surface area contributed by atoms with Crippen LogP contribution in [0.3, 0.4) is 0 Å². The Bertz CT molecular complexity index is 457. The molecule has 0 saturated carbocycles. The fraction of sp³-hybridized carbons (Fsp3) is 0.400. The van der Waals surface area contributed by atoms with E-state index in [0.717, 1.165) is 17.5 Å². The summed E-state index contributed by atoms with van der Waals surface area (Å²) in [5.74, 6) is 0. The quantitative estimate of drug-likeness (QED) is 0.520. The van der Waals surface area contributed by atoms with Gasteiger partial charge >= 0.3 is 0 Å². The molecule has 0 aliphatic heterocycles. The summed E-state index contributed by atoms with van der Waals surface area (Å²) in [5, 5.41) is 3.12. The van der Waals surface area contributed by atoms with E-state index in [4.69, 9.17) is 5.73 Å². The molecular formula is C10H17N3O2S.